The number of amides is 1. The fourth-order valence-electron chi connectivity index (χ4n) is 4.05. The van der Waals surface area contributed by atoms with Gasteiger partial charge < -0.3 is 5.73 Å². The lowest BCUT2D eigenvalue weighted by Gasteiger charge is -2.32. The highest BCUT2D eigenvalue weighted by Gasteiger charge is 2.34. The van der Waals surface area contributed by atoms with Crippen LogP contribution < -0.4 is 5.73 Å². The molecule has 3 heterocycles. The Balaban J connectivity index is 1.52. The molecule has 34 heavy (non-hydrogen) atoms. The number of aromatic nitrogens is 4. The first-order valence-corrected chi connectivity index (χ1v) is 10.7. The summed E-state index contributed by atoms with van der Waals surface area (Å²) in [5.74, 6) is 0.0725. The van der Waals surface area contributed by atoms with E-state index >= 15 is 0 Å². The highest BCUT2D eigenvalue weighted by atomic mass is 19.4. The molecule has 1 aromatic carbocycles. The SMILES string of the molecule is CN(C1CC1)N(Cc1ccc(C(F)(F)F)cn1)C(=O)c1ccc2nc(N)c3cnn(C)c3c2c1. The van der Waals surface area contributed by atoms with Crippen LogP contribution in [0.15, 0.2) is 42.7 Å². The lowest BCUT2D eigenvalue weighted by Crippen LogP contribution is -2.45. The van der Waals surface area contributed by atoms with E-state index in [9.17, 15) is 18.0 Å². The highest BCUT2D eigenvalue weighted by molar-refractivity contribution is 6.10. The van der Waals surface area contributed by atoms with Crippen molar-refractivity contribution in [2.45, 2.75) is 31.6 Å². The molecule has 1 aliphatic carbocycles. The van der Waals surface area contributed by atoms with E-state index in [1.807, 2.05) is 12.1 Å². The summed E-state index contributed by atoms with van der Waals surface area (Å²) in [7, 11) is 3.60. The number of hydrogen-bond acceptors (Lipinski definition) is 6. The number of carbonyl (C=O) groups excluding carboxylic acids is 1. The molecular weight excluding hydrogens is 447 g/mol. The van der Waals surface area contributed by atoms with Crippen LogP contribution in [0.2, 0.25) is 0 Å². The van der Waals surface area contributed by atoms with Crippen molar-refractivity contribution >= 4 is 33.5 Å². The number of nitrogens with two attached hydrogens (primary N) is 1. The molecule has 1 fully saturated rings. The van der Waals surface area contributed by atoms with Gasteiger partial charge in [-0.2, -0.15) is 18.3 Å². The number of alkyl halides is 3. The van der Waals surface area contributed by atoms with Gasteiger partial charge in [0.1, 0.15) is 5.82 Å². The number of halogens is 3. The quantitative estimate of drug-likeness (QED) is 0.448. The van der Waals surface area contributed by atoms with Gasteiger partial charge in [0, 0.05) is 37.3 Å². The minimum atomic E-state index is -4.47. The molecule has 5 rings (SSSR count). The molecule has 11 heteroatoms. The molecule has 1 saturated carbocycles. The van der Waals surface area contributed by atoms with Crippen LogP contribution in [0.5, 0.6) is 0 Å². The molecule has 1 amide bonds. The summed E-state index contributed by atoms with van der Waals surface area (Å²) < 4.78 is 40.4. The van der Waals surface area contributed by atoms with Crippen molar-refractivity contribution in [2.24, 2.45) is 7.05 Å². The number of anilines is 1. The molecule has 0 spiro atoms. The predicted molar refractivity (Wildman–Crippen MR) is 120 cm³/mol. The Morgan fingerprint density at radius 2 is 1.94 bits per heavy atom. The fourth-order valence-corrected chi connectivity index (χ4v) is 4.05. The molecule has 2 N–H and O–H groups in total. The number of pyridine rings is 2. The highest BCUT2D eigenvalue weighted by Crippen LogP contribution is 2.32. The third-order valence-electron chi connectivity index (χ3n) is 6.11. The first kappa shape index (κ1) is 22.1. The summed E-state index contributed by atoms with van der Waals surface area (Å²) in [6.45, 7) is 0.0448. The second-order valence-corrected chi connectivity index (χ2v) is 8.46. The fraction of sp³-hybridized carbons (Fsp3) is 0.304. The van der Waals surface area contributed by atoms with E-state index in [0.717, 1.165) is 36.0 Å². The number of hydrogen-bond donors (Lipinski definition) is 1. The van der Waals surface area contributed by atoms with E-state index in [-0.39, 0.29) is 18.5 Å². The lowest BCUT2D eigenvalue weighted by molar-refractivity contribution is -0.137. The zero-order valence-corrected chi connectivity index (χ0v) is 18.5. The van der Waals surface area contributed by atoms with Gasteiger partial charge in [0.05, 0.1) is 40.4 Å². The minimum absolute atomic E-state index is 0.0448. The van der Waals surface area contributed by atoms with Gasteiger partial charge in [-0.05, 0) is 43.2 Å². The van der Waals surface area contributed by atoms with Crippen molar-refractivity contribution in [2.75, 3.05) is 12.8 Å². The largest absolute Gasteiger partial charge is 0.417 e. The van der Waals surface area contributed by atoms with Crippen LogP contribution in [0, 0.1) is 0 Å². The van der Waals surface area contributed by atoms with E-state index in [2.05, 4.69) is 15.1 Å². The number of benzene rings is 1. The molecule has 3 aromatic heterocycles. The van der Waals surface area contributed by atoms with Gasteiger partial charge in [0.15, 0.2) is 0 Å². The van der Waals surface area contributed by atoms with E-state index in [4.69, 9.17) is 5.73 Å². The van der Waals surface area contributed by atoms with Crippen LogP contribution in [0.1, 0.15) is 34.5 Å². The van der Waals surface area contributed by atoms with E-state index in [0.29, 0.717) is 28.0 Å². The summed E-state index contributed by atoms with van der Waals surface area (Å²) in [6.07, 6.45) is -0.157. The topological polar surface area (TPSA) is 93.2 Å². The summed E-state index contributed by atoms with van der Waals surface area (Å²) >= 11 is 0. The predicted octanol–water partition coefficient (Wildman–Crippen LogP) is 3.77. The molecule has 0 unspecified atom stereocenters. The molecule has 8 nitrogen and oxygen atoms in total. The van der Waals surface area contributed by atoms with Crippen molar-refractivity contribution in [3.8, 4) is 0 Å². The third kappa shape index (κ3) is 3.92. The number of carbonyl (C=O) groups is 1. The average Bonchev–Trinajstić information content (AvgIpc) is 3.58. The number of aryl methyl sites for hydroxylation is 1. The van der Waals surface area contributed by atoms with Gasteiger partial charge in [-0.25, -0.2) is 9.99 Å². The smallest absolute Gasteiger partial charge is 0.383 e. The van der Waals surface area contributed by atoms with E-state index < -0.39 is 11.7 Å². The van der Waals surface area contributed by atoms with Crippen LogP contribution in [0.25, 0.3) is 21.8 Å². The van der Waals surface area contributed by atoms with Crippen molar-refractivity contribution in [1.29, 1.82) is 0 Å². The normalized spacial score (nSPS) is 14.3. The molecular formula is C23H22F3N7O. The molecule has 0 aliphatic heterocycles. The zero-order chi connectivity index (χ0) is 24.2. The van der Waals surface area contributed by atoms with Gasteiger partial charge in [0.25, 0.3) is 5.91 Å². The molecule has 0 saturated heterocycles. The number of fused-ring (bicyclic) bond motifs is 3. The molecule has 0 atom stereocenters. The summed E-state index contributed by atoms with van der Waals surface area (Å²) in [6, 6.07) is 7.64. The van der Waals surface area contributed by atoms with Gasteiger partial charge in [-0.15, -0.1) is 0 Å². The second-order valence-electron chi connectivity index (χ2n) is 8.46. The third-order valence-corrected chi connectivity index (χ3v) is 6.11. The van der Waals surface area contributed by atoms with Gasteiger partial charge >= 0.3 is 6.18 Å². The van der Waals surface area contributed by atoms with Crippen LogP contribution in [-0.2, 0) is 19.8 Å². The van der Waals surface area contributed by atoms with Crippen molar-refractivity contribution < 1.29 is 18.0 Å². The zero-order valence-electron chi connectivity index (χ0n) is 18.5. The summed E-state index contributed by atoms with van der Waals surface area (Å²) in [5.41, 5.74) is 7.41. The van der Waals surface area contributed by atoms with Crippen LogP contribution in [-0.4, -0.2) is 48.8 Å². The summed E-state index contributed by atoms with van der Waals surface area (Å²) in [4.78, 5) is 22.0. The van der Waals surface area contributed by atoms with Gasteiger partial charge in [0.2, 0.25) is 0 Å². The number of hydrazine groups is 1. The maximum atomic E-state index is 13.6. The Bertz CT molecular complexity index is 1390. The summed E-state index contributed by atoms with van der Waals surface area (Å²) in [5, 5.41) is 9.06. The van der Waals surface area contributed by atoms with Crippen LogP contribution in [0.3, 0.4) is 0 Å². The average molecular weight is 469 g/mol. The Hall–Kier alpha value is -3.73. The Morgan fingerprint density at radius 1 is 1.18 bits per heavy atom. The number of rotatable bonds is 5. The molecule has 4 aromatic rings. The maximum Gasteiger partial charge on any atom is 0.417 e. The first-order valence-electron chi connectivity index (χ1n) is 10.7. The minimum Gasteiger partial charge on any atom is -0.383 e. The Morgan fingerprint density at radius 3 is 2.59 bits per heavy atom. The van der Waals surface area contributed by atoms with Gasteiger partial charge in [-0.3, -0.25) is 19.5 Å². The van der Waals surface area contributed by atoms with Crippen LogP contribution >= 0.6 is 0 Å². The van der Waals surface area contributed by atoms with Gasteiger partial charge in [-0.1, -0.05) is 0 Å². The maximum absolute atomic E-state index is 13.6. The molecule has 176 valence electrons. The van der Waals surface area contributed by atoms with Crippen LogP contribution in [0.4, 0.5) is 19.0 Å². The molecule has 0 bridgehead atoms. The molecule has 0 radical (unpaired) electrons. The van der Waals surface area contributed by atoms with Crippen molar-refractivity contribution in [3.05, 3.63) is 59.5 Å². The molecule has 1 aliphatic rings. The standard InChI is InChI=1S/C23H22F3N7O/c1-31-20-17-9-13(3-8-19(17)30-21(27)18(20)11-29-31)22(34)33(32(2)16-6-7-16)12-15-5-4-14(10-28-15)23(24,25)26/h3-5,8-11,16H,6-7,12H2,1-2H3,(H2,27,30). The second kappa shape index (κ2) is 7.94. The number of nitrogen functional groups attached to an aromatic ring is 1. The Kier molecular flexibility index (Phi) is 5.16. The van der Waals surface area contributed by atoms with Crippen molar-refractivity contribution in [3.63, 3.8) is 0 Å². The first-order chi connectivity index (χ1) is 16.1. The van der Waals surface area contributed by atoms with E-state index in [1.165, 1.54) is 11.1 Å². The Labute approximate surface area is 192 Å². The van der Waals surface area contributed by atoms with E-state index in [1.54, 1.807) is 36.1 Å². The monoisotopic (exact) mass is 469 g/mol. The lowest BCUT2D eigenvalue weighted by atomic mass is 10.1. The number of nitrogens with zero attached hydrogens (tertiary/aromatic N) is 6. The van der Waals surface area contributed by atoms with Crippen molar-refractivity contribution in [1.82, 2.24) is 29.8 Å².